The topological polar surface area (TPSA) is 75.6 Å². The zero-order valence-corrected chi connectivity index (χ0v) is 13.2. The minimum absolute atomic E-state index is 0.0977. The predicted molar refractivity (Wildman–Crippen MR) is 87.3 cm³/mol. The summed E-state index contributed by atoms with van der Waals surface area (Å²) in [5.74, 6) is 0.148. The van der Waals surface area contributed by atoms with E-state index in [2.05, 4.69) is 5.32 Å². The van der Waals surface area contributed by atoms with E-state index in [9.17, 15) is 9.59 Å². The van der Waals surface area contributed by atoms with Crippen molar-refractivity contribution in [3.05, 3.63) is 29.8 Å². The van der Waals surface area contributed by atoms with Crippen molar-refractivity contribution in [3.63, 3.8) is 0 Å². The molecule has 6 heteroatoms. The first-order valence-electron chi connectivity index (χ1n) is 7.44. The van der Waals surface area contributed by atoms with Crippen molar-refractivity contribution in [2.24, 2.45) is 0 Å². The summed E-state index contributed by atoms with van der Waals surface area (Å²) in [7, 11) is 0. The summed E-state index contributed by atoms with van der Waals surface area (Å²) in [6, 6.07) is 6.99. The van der Waals surface area contributed by atoms with Gasteiger partial charge in [0.2, 0.25) is 5.91 Å². The summed E-state index contributed by atoms with van der Waals surface area (Å²) < 4.78 is 5.62. The zero-order valence-electron chi connectivity index (χ0n) is 12.4. The van der Waals surface area contributed by atoms with Crippen molar-refractivity contribution in [2.45, 2.75) is 31.8 Å². The van der Waals surface area contributed by atoms with Gasteiger partial charge < -0.3 is 15.2 Å². The molecule has 2 N–H and O–H groups in total. The van der Waals surface area contributed by atoms with Crippen LogP contribution in [-0.4, -0.2) is 41.2 Å². The Kier molecular flexibility index (Phi) is 6.74. The molecule has 0 radical (unpaired) electrons. The van der Waals surface area contributed by atoms with E-state index in [0.717, 1.165) is 25.2 Å². The third kappa shape index (κ3) is 5.69. The van der Waals surface area contributed by atoms with Crippen molar-refractivity contribution in [1.82, 2.24) is 0 Å². The Balaban J connectivity index is 1.77. The quantitative estimate of drug-likeness (QED) is 0.806. The van der Waals surface area contributed by atoms with Crippen LogP contribution in [-0.2, 0) is 20.7 Å². The first-order valence-corrected chi connectivity index (χ1v) is 8.59. The summed E-state index contributed by atoms with van der Waals surface area (Å²) in [5, 5.41) is 11.7. The molecule has 1 amide bonds. The summed E-state index contributed by atoms with van der Waals surface area (Å²) >= 11 is 1.55. The minimum Gasteiger partial charge on any atom is -0.481 e. The van der Waals surface area contributed by atoms with Gasteiger partial charge in [-0.15, -0.1) is 11.8 Å². The van der Waals surface area contributed by atoms with Gasteiger partial charge in [-0.3, -0.25) is 9.59 Å². The maximum atomic E-state index is 12.0. The molecule has 5 nitrogen and oxygen atoms in total. The highest BCUT2D eigenvalue weighted by Gasteiger charge is 2.15. The van der Waals surface area contributed by atoms with Crippen molar-refractivity contribution in [1.29, 1.82) is 0 Å². The fraction of sp³-hybridized carbons (Fsp3) is 0.500. The SMILES string of the molecule is O=C(O)Cc1ccccc1NC(=O)CSCC1CCCCO1. The largest absolute Gasteiger partial charge is 0.481 e. The molecule has 2 rings (SSSR count). The number of rotatable bonds is 7. The molecule has 1 heterocycles. The highest BCUT2D eigenvalue weighted by atomic mass is 32.2. The number of hydrogen-bond donors (Lipinski definition) is 2. The van der Waals surface area contributed by atoms with E-state index in [1.807, 2.05) is 0 Å². The Labute approximate surface area is 134 Å². The highest BCUT2D eigenvalue weighted by molar-refractivity contribution is 8.00. The molecule has 1 aromatic carbocycles. The Morgan fingerprint density at radius 1 is 1.32 bits per heavy atom. The third-order valence-corrected chi connectivity index (χ3v) is 4.52. The Bertz CT molecular complexity index is 515. The molecule has 1 aliphatic rings. The molecule has 0 aliphatic carbocycles. The molecule has 0 saturated carbocycles. The van der Waals surface area contributed by atoms with E-state index in [1.54, 1.807) is 36.0 Å². The number of thioether (sulfide) groups is 1. The van der Waals surface area contributed by atoms with Gasteiger partial charge in [-0.05, 0) is 30.9 Å². The predicted octanol–water partition coefficient (Wildman–Crippen LogP) is 2.55. The van der Waals surface area contributed by atoms with Crippen LogP contribution in [0.5, 0.6) is 0 Å². The van der Waals surface area contributed by atoms with Crippen LogP contribution >= 0.6 is 11.8 Å². The van der Waals surface area contributed by atoms with Crippen molar-refractivity contribution in [2.75, 3.05) is 23.4 Å². The lowest BCUT2D eigenvalue weighted by Crippen LogP contribution is -2.23. The van der Waals surface area contributed by atoms with Gasteiger partial charge >= 0.3 is 5.97 Å². The molecule has 0 bridgehead atoms. The van der Waals surface area contributed by atoms with E-state index in [0.29, 0.717) is 17.0 Å². The summed E-state index contributed by atoms with van der Waals surface area (Å²) in [5.41, 5.74) is 1.19. The molecule has 1 atom stereocenters. The lowest BCUT2D eigenvalue weighted by molar-refractivity contribution is -0.136. The summed E-state index contributed by atoms with van der Waals surface area (Å²) in [4.78, 5) is 22.8. The van der Waals surface area contributed by atoms with Gasteiger partial charge in [-0.1, -0.05) is 18.2 Å². The number of hydrogen-bond acceptors (Lipinski definition) is 4. The van der Waals surface area contributed by atoms with Gasteiger partial charge in [0.05, 0.1) is 18.3 Å². The van der Waals surface area contributed by atoms with E-state index in [1.165, 1.54) is 6.42 Å². The van der Waals surface area contributed by atoms with Gasteiger partial charge in [0.1, 0.15) is 0 Å². The van der Waals surface area contributed by atoms with Gasteiger partial charge in [0, 0.05) is 18.0 Å². The van der Waals surface area contributed by atoms with Gasteiger partial charge in [-0.2, -0.15) is 0 Å². The van der Waals surface area contributed by atoms with Crippen LogP contribution in [0, 0.1) is 0 Å². The van der Waals surface area contributed by atoms with Gasteiger partial charge in [0.25, 0.3) is 0 Å². The van der Waals surface area contributed by atoms with Crippen LogP contribution in [0.4, 0.5) is 5.69 Å². The molecule has 1 saturated heterocycles. The van der Waals surface area contributed by atoms with E-state index in [4.69, 9.17) is 9.84 Å². The summed E-state index contributed by atoms with van der Waals surface area (Å²) in [6.45, 7) is 0.819. The molecule has 1 unspecified atom stereocenters. The molecule has 120 valence electrons. The minimum atomic E-state index is -0.912. The smallest absolute Gasteiger partial charge is 0.307 e. The van der Waals surface area contributed by atoms with Crippen LogP contribution in [0.2, 0.25) is 0 Å². The van der Waals surface area contributed by atoms with Crippen molar-refractivity contribution in [3.8, 4) is 0 Å². The molecule has 0 aromatic heterocycles. The maximum Gasteiger partial charge on any atom is 0.307 e. The lowest BCUT2D eigenvalue weighted by atomic mass is 10.1. The van der Waals surface area contributed by atoms with Crippen molar-refractivity contribution < 1.29 is 19.4 Å². The van der Waals surface area contributed by atoms with Gasteiger partial charge in [0.15, 0.2) is 0 Å². The number of amides is 1. The number of benzene rings is 1. The van der Waals surface area contributed by atoms with Crippen LogP contribution < -0.4 is 5.32 Å². The molecule has 1 fully saturated rings. The maximum absolute atomic E-state index is 12.0. The Hall–Kier alpha value is -1.53. The average Bonchev–Trinajstić information content (AvgIpc) is 2.50. The third-order valence-electron chi connectivity index (χ3n) is 3.44. The lowest BCUT2D eigenvalue weighted by Gasteiger charge is -2.21. The Morgan fingerprint density at radius 2 is 2.14 bits per heavy atom. The van der Waals surface area contributed by atoms with Gasteiger partial charge in [-0.25, -0.2) is 0 Å². The monoisotopic (exact) mass is 323 g/mol. The number of carbonyl (C=O) groups is 2. The fourth-order valence-corrected chi connectivity index (χ4v) is 3.27. The van der Waals surface area contributed by atoms with Crippen LogP contribution in [0.3, 0.4) is 0 Å². The zero-order chi connectivity index (χ0) is 15.8. The number of carboxylic acid groups (broad SMARTS) is 1. The molecular weight excluding hydrogens is 302 g/mol. The van der Waals surface area contributed by atoms with E-state index < -0.39 is 5.97 Å². The molecule has 1 aliphatic heterocycles. The van der Waals surface area contributed by atoms with Crippen LogP contribution in [0.1, 0.15) is 24.8 Å². The van der Waals surface area contributed by atoms with Crippen LogP contribution in [0.25, 0.3) is 0 Å². The second kappa shape index (κ2) is 8.80. The summed E-state index contributed by atoms with van der Waals surface area (Å²) in [6.07, 6.45) is 3.54. The average molecular weight is 323 g/mol. The van der Waals surface area contributed by atoms with E-state index >= 15 is 0 Å². The Morgan fingerprint density at radius 3 is 2.86 bits per heavy atom. The number of para-hydroxylation sites is 1. The number of carbonyl (C=O) groups excluding carboxylic acids is 1. The van der Waals surface area contributed by atoms with Crippen LogP contribution in [0.15, 0.2) is 24.3 Å². The normalized spacial score (nSPS) is 17.9. The molecular formula is C16H21NO4S. The van der Waals surface area contributed by atoms with E-state index in [-0.39, 0.29) is 18.4 Å². The number of aliphatic carboxylic acids is 1. The number of ether oxygens (including phenoxy) is 1. The standard InChI is InChI=1S/C16H21NO4S/c18-15(11-22-10-13-6-3-4-8-21-13)17-14-7-2-1-5-12(14)9-16(19)20/h1-2,5,7,13H,3-4,6,8-11H2,(H,17,18)(H,19,20). The molecule has 0 spiro atoms. The molecule has 22 heavy (non-hydrogen) atoms. The second-order valence-electron chi connectivity index (χ2n) is 5.28. The second-order valence-corrected chi connectivity index (χ2v) is 6.31. The first-order chi connectivity index (χ1) is 10.6. The fourth-order valence-electron chi connectivity index (χ4n) is 2.37. The van der Waals surface area contributed by atoms with Crippen molar-refractivity contribution >= 4 is 29.3 Å². The number of anilines is 1. The number of carboxylic acids is 1. The molecule has 1 aromatic rings. The number of nitrogens with one attached hydrogen (secondary N) is 1. The highest BCUT2D eigenvalue weighted by Crippen LogP contribution is 2.19. The first kappa shape index (κ1) is 16.8.